The lowest BCUT2D eigenvalue weighted by molar-refractivity contribution is -0.118. The molecule has 1 aliphatic heterocycles. The first-order valence-electron chi connectivity index (χ1n) is 6.88. The van der Waals surface area contributed by atoms with Gasteiger partial charge in [0.05, 0.1) is 0 Å². The highest BCUT2D eigenvalue weighted by Crippen LogP contribution is 2.58. The summed E-state index contributed by atoms with van der Waals surface area (Å²) in [5.41, 5.74) is 1.50. The summed E-state index contributed by atoms with van der Waals surface area (Å²) in [6.45, 7) is 3.73. The molecule has 1 unspecified atom stereocenters. The van der Waals surface area contributed by atoms with Gasteiger partial charge in [-0.05, 0) is 68.5 Å². The van der Waals surface area contributed by atoms with Gasteiger partial charge in [-0.2, -0.15) is 0 Å². The van der Waals surface area contributed by atoms with Gasteiger partial charge in [0.25, 0.3) is 0 Å². The summed E-state index contributed by atoms with van der Waals surface area (Å²) in [6, 6.07) is 4.71. The van der Waals surface area contributed by atoms with Crippen molar-refractivity contribution in [3.8, 4) is 0 Å². The number of piperidine rings is 1. The van der Waals surface area contributed by atoms with Crippen LogP contribution in [0.25, 0.3) is 0 Å². The van der Waals surface area contributed by atoms with Gasteiger partial charge >= 0.3 is 0 Å². The van der Waals surface area contributed by atoms with Crippen molar-refractivity contribution >= 4 is 11.6 Å². The molecule has 2 aliphatic rings. The Morgan fingerprint density at radius 1 is 1.42 bits per heavy atom. The summed E-state index contributed by atoms with van der Waals surface area (Å²) in [5.74, 6) is -0.00730. The van der Waals surface area contributed by atoms with Crippen molar-refractivity contribution in [3.63, 3.8) is 0 Å². The van der Waals surface area contributed by atoms with Crippen molar-refractivity contribution < 1.29 is 9.18 Å². The monoisotopic (exact) mass is 262 g/mol. The van der Waals surface area contributed by atoms with Crippen LogP contribution in [0.15, 0.2) is 18.2 Å². The second kappa shape index (κ2) is 4.60. The van der Waals surface area contributed by atoms with Gasteiger partial charge in [-0.25, -0.2) is 4.39 Å². The molecule has 0 radical (unpaired) electrons. The molecule has 0 aromatic heterocycles. The summed E-state index contributed by atoms with van der Waals surface area (Å²) in [6.07, 6.45) is 3.18. The molecule has 1 saturated heterocycles. The number of benzene rings is 1. The maximum absolute atomic E-state index is 13.2. The van der Waals surface area contributed by atoms with Crippen molar-refractivity contribution in [3.05, 3.63) is 29.6 Å². The van der Waals surface area contributed by atoms with Crippen LogP contribution in [-0.2, 0) is 4.79 Å². The lowest BCUT2D eigenvalue weighted by Crippen LogP contribution is -2.31. The van der Waals surface area contributed by atoms with Gasteiger partial charge in [0.2, 0.25) is 5.91 Å². The molecule has 1 aromatic rings. The van der Waals surface area contributed by atoms with E-state index in [0.717, 1.165) is 32.4 Å². The van der Waals surface area contributed by atoms with E-state index in [4.69, 9.17) is 0 Å². The zero-order chi connectivity index (χ0) is 13.5. The van der Waals surface area contributed by atoms with E-state index in [0.29, 0.717) is 11.3 Å². The topological polar surface area (TPSA) is 41.1 Å². The van der Waals surface area contributed by atoms with Crippen LogP contribution in [-0.4, -0.2) is 19.0 Å². The molecule has 0 bridgehead atoms. The third-order valence-electron chi connectivity index (χ3n) is 4.53. The highest BCUT2D eigenvalue weighted by Gasteiger charge is 2.57. The zero-order valence-electron chi connectivity index (χ0n) is 11.1. The molecule has 1 heterocycles. The summed E-state index contributed by atoms with van der Waals surface area (Å²) in [5, 5.41) is 6.25. The number of amides is 1. The van der Waals surface area contributed by atoms with Crippen molar-refractivity contribution in [1.29, 1.82) is 0 Å². The van der Waals surface area contributed by atoms with Gasteiger partial charge in [-0.1, -0.05) is 0 Å². The largest absolute Gasteiger partial charge is 0.326 e. The second-order valence-electron chi connectivity index (χ2n) is 5.82. The average molecular weight is 262 g/mol. The maximum Gasteiger partial charge on any atom is 0.228 e. The van der Waals surface area contributed by atoms with Crippen LogP contribution in [0.3, 0.4) is 0 Å². The number of aryl methyl sites for hydroxylation is 1. The molecule has 3 rings (SSSR count). The summed E-state index contributed by atoms with van der Waals surface area (Å²) in [7, 11) is 0. The predicted octanol–water partition coefficient (Wildman–Crippen LogP) is 2.46. The minimum Gasteiger partial charge on any atom is -0.326 e. The number of halogens is 1. The highest BCUT2D eigenvalue weighted by atomic mass is 19.1. The summed E-state index contributed by atoms with van der Waals surface area (Å²) >= 11 is 0. The molecule has 1 aliphatic carbocycles. The normalized spacial score (nSPS) is 24.2. The van der Waals surface area contributed by atoms with Crippen LogP contribution < -0.4 is 10.6 Å². The minimum absolute atomic E-state index is 0.0907. The van der Waals surface area contributed by atoms with Crippen molar-refractivity contribution in [2.75, 3.05) is 18.4 Å². The fourth-order valence-corrected chi connectivity index (χ4v) is 3.15. The Hall–Kier alpha value is -1.42. The second-order valence-corrected chi connectivity index (χ2v) is 5.82. The van der Waals surface area contributed by atoms with Crippen molar-refractivity contribution in [2.45, 2.75) is 26.2 Å². The zero-order valence-corrected chi connectivity index (χ0v) is 11.1. The number of hydrogen-bond donors (Lipinski definition) is 2. The first kappa shape index (κ1) is 12.6. The Morgan fingerprint density at radius 3 is 2.84 bits per heavy atom. The van der Waals surface area contributed by atoms with Gasteiger partial charge < -0.3 is 10.6 Å². The Morgan fingerprint density at radius 2 is 2.16 bits per heavy atom. The quantitative estimate of drug-likeness (QED) is 0.859. The number of nitrogens with one attached hydrogen (secondary N) is 2. The number of carbonyl (C=O) groups is 1. The number of hydrogen-bond acceptors (Lipinski definition) is 2. The van der Waals surface area contributed by atoms with Gasteiger partial charge in [-0.15, -0.1) is 0 Å². The van der Waals surface area contributed by atoms with Crippen LogP contribution >= 0.6 is 0 Å². The Kier molecular flexibility index (Phi) is 3.05. The number of rotatable bonds is 2. The fraction of sp³-hybridized carbons (Fsp3) is 0.533. The first-order valence-corrected chi connectivity index (χ1v) is 6.88. The van der Waals surface area contributed by atoms with Gasteiger partial charge in [0, 0.05) is 11.6 Å². The van der Waals surface area contributed by atoms with E-state index >= 15 is 0 Å². The summed E-state index contributed by atoms with van der Waals surface area (Å²) < 4.78 is 13.2. The lowest BCUT2D eigenvalue weighted by atomic mass is 9.92. The van der Waals surface area contributed by atoms with E-state index < -0.39 is 0 Å². The van der Waals surface area contributed by atoms with Crippen LogP contribution in [0.5, 0.6) is 0 Å². The molecule has 1 aromatic carbocycles. The minimum atomic E-state index is -0.237. The van der Waals surface area contributed by atoms with E-state index in [1.807, 2.05) is 0 Å². The highest BCUT2D eigenvalue weighted by molar-refractivity contribution is 5.95. The third kappa shape index (κ3) is 2.37. The van der Waals surface area contributed by atoms with Crippen LogP contribution in [0, 0.1) is 24.1 Å². The molecule has 3 nitrogen and oxygen atoms in total. The molecule has 4 heteroatoms. The van der Waals surface area contributed by atoms with Gasteiger partial charge in [0.15, 0.2) is 0 Å². The smallest absolute Gasteiger partial charge is 0.228 e. The lowest BCUT2D eigenvalue weighted by Gasteiger charge is -2.23. The first-order chi connectivity index (χ1) is 9.11. The molecule has 1 saturated carbocycles. The Balaban J connectivity index is 1.64. The molecule has 1 amide bonds. The van der Waals surface area contributed by atoms with Crippen LogP contribution in [0.1, 0.15) is 24.8 Å². The van der Waals surface area contributed by atoms with Crippen molar-refractivity contribution in [2.24, 2.45) is 11.3 Å². The summed E-state index contributed by atoms with van der Waals surface area (Å²) in [4.78, 5) is 12.2. The molecule has 19 heavy (non-hydrogen) atoms. The van der Waals surface area contributed by atoms with E-state index in [1.54, 1.807) is 19.1 Å². The fourth-order valence-electron chi connectivity index (χ4n) is 3.15. The van der Waals surface area contributed by atoms with E-state index in [9.17, 15) is 9.18 Å². The standard InChI is InChI=1S/C15H19FN2O/c1-10-8-11(2-3-13(10)16)18-14(19)12-9-15(12)4-6-17-7-5-15/h2-3,8,12,17H,4-7,9H2,1H3,(H,18,19). The molecule has 1 atom stereocenters. The maximum atomic E-state index is 13.2. The Labute approximate surface area is 112 Å². The molecule has 2 fully saturated rings. The van der Waals surface area contributed by atoms with Gasteiger partial charge in [-0.3, -0.25) is 4.79 Å². The Bertz CT molecular complexity index is 509. The van der Waals surface area contributed by atoms with Gasteiger partial charge in [0.1, 0.15) is 5.82 Å². The van der Waals surface area contributed by atoms with Crippen molar-refractivity contribution in [1.82, 2.24) is 5.32 Å². The molecular formula is C15H19FN2O. The SMILES string of the molecule is Cc1cc(NC(=O)C2CC23CCNCC3)ccc1F. The average Bonchev–Trinajstić information content (AvgIpc) is 3.08. The molecule has 1 spiro atoms. The van der Waals surface area contributed by atoms with Crippen LogP contribution in [0.4, 0.5) is 10.1 Å². The predicted molar refractivity (Wildman–Crippen MR) is 72.4 cm³/mol. The van der Waals surface area contributed by atoms with E-state index in [2.05, 4.69) is 10.6 Å². The number of anilines is 1. The van der Waals surface area contributed by atoms with E-state index in [1.165, 1.54) is 6.07 Å². The molecule has 102 valence electrons. The molecule has 2 N–H and O–H groups in total. The van der Waals surface area contributed by atoms with Crippen LogP contribution in [0.2, 0.25) is 0 Å². The van der Waals surface area contributed by atoms with E-state index in [-0.39, 0.29) is 23.1 Å². The number of carbonyl (C=O) groups excluding carboxylic acids is 1. The third-order valence-corrected chi connectivity index (χ3v) is 4.53. The molecular weight excluding hydrogens is 243 g/mol.